The van der Waals surface area contributed by atoms with E-state index in [1.807, 2.05) is 24.5 Å². The Bertz CT molecular complexity index is 2700. The Morgan fingerprint density at radius 2 is 1.23 bits per heavy atom. The van der Waals surface area contributed by atoms with Crippen LogP contribution in [0, 0.1) is 5.82 Å². The lowest BCUT2D eigenvalue weighted by Crippen LogP contribution is -2.72. The molecule has 13 rings (SSSR count). The molecule has 0 unspecified atom stereocenters. The van der Waals surface area contributed by atoms with Crippen LogP contribution in [0.5, 0.6) is 5.88 Å². The maximum atomic E-state index is 14.3. The van der Waals surface area contributed by atoms with Gasteiger partial charge in [0, 0.05) is 72.8 Å². The average Bonchev–Trinajstić information content (AvgIpc) is 4.08. The highest BCUT2D eigenvalue weighted by atomic mass is 35.5. The van der Waals surface area contributed by atoms with Gasteiger partial charge in [0.05, 0.1) is 57.2 Å². The van der Waals surface area contributed by atoms with E-state index in [-0.39, 0.29) is 39.6 Å². The number of methoxy groups -OCH3 is 1. The van der Waals surface area contributed by atoms with Gasteiger partial charge in [0.1, 0.15) is 5.15 Å². The molecule has 4 aliphatic carbocycles. The Balaban J connectivity index is 0.000000134. The van der Waals surface area contributed by atoms with Crippen molar-refractivity contribution in [1.29, 1.82) is 0 Å². The predicted octanol–water partition coefficient (Wildman–Crippen LogP) is 5.91. The number of ether oxygens (including phenoxy) is 1. The van der Waals surface area contributed by atoms with Gasteiger partial charge in [0.15, 0.2) is 5.82 Å². The Hall–Kier alpha value is -5.11. The molecule has 0 atom stereocenters. The minimum Gasteiger partial charge on any atom is -0.479 e. The zero-order chi connectivity index (χ0) is 40.9. The molecule has 5 aromatic heterocycles. The van der Waals surface area contributed by atoms with Gasteiger partial charge in [-0.15, -0.1) is 0 Å². The van der Waals surface area contributed by atoms with Crippen LogP contribution in [0.3, 0.4) is 0 Å². The summed E-state index contributed by atoms with van der Waals surface area (Å²) in [7, 11) is 1.40. The molecular weight excluding hydrogens is 781 g/mol. The predicted molar refractivity (Wildman–Crippen MR) is 224 cm³/mol. The molecule has 2 saturated heterocycles. The fourth-order valence-electron chi connectivity index (χ4n) is 12.0. The molecule has 12 nitrogen and oxygen atoms in total. The molecule has 14 heteroatoms. The van der Waals surface area contributed by atoms with Crippen LogP contribution in [-0.2, 0) is 36.5 Å². The number of fused-ring (bicyclic) bond motifs is 14. The lowest BCUT2D eigenvalue weighted by atomic mass is 9.65. The van der Waals surface area contributed by atoms with Crippen molar-refractivity contribution < 1.29 is 18.7 Å². The standard InChI is InChI=1S/C26H26FN5O2.C20H21ClN4O/c1-3-32-12-25(13-32)22-20(23(33)31-26(25)6-7-26)16-5-4-14-10-28-19(9-17(14)21(16)30-22)15-8-18(27)24(34-2)29-11-15;1-2-25-9-19(10-25)17-15(18(26)24-20(19)5-6-20)12-4-3-11-8-22-14(21)7-13(11)16(12)23-17/h8-11,30H,3-7,12-13H2,1-2H3,(H,31,33);7-8,23H,2-6,9-10H2,1H3,(H,24,26). The number of carbonyl (C=O) groups excluding carboxylic acids is 2. The van der Waals surface area contributed by atoms with Crippen LogP contribution in [0.4, 0.5) is 4.39 Å². The summed E-state index contributed by atoms with van der Waals surface area (Å²) in [5.74, 6) is -0.383. The molecule has 2 amide bonds. The average molecular weight is 828 g/mol. The molecule has 0 aromatic carbocycles. The summed E-state index contributed by atoms with van der Waals surface area (Å²) in [6, 6.07) is 5.33. The highest BCUT2D eigenvalue weighted by molar-refractivity contribution is 6.29. The Morgan fingerprint density at radius 3 is 1.72 bits per heavy atom. The van der Waals surface area contributed by atoms with Crippen molar-refractivity contribution in [2.24, 2.45) is 0 Å². The van der Waals surface area contributed by atoms with E-state index in [4.69, 9.17) is 16.3 Å². The van der Waals surface area contributed by atoms with Gasteiger partial charge in [0.2, 0.25) is 5.88 Å². The number of hydrogen-bond donors (Lipinski definition) is 4. The number of pyridine rings is 3. The Morgan fingerprint density at radius 1 is 0.717 bits per heavy atom. The van der Waals surface area contributed by atoms with E-state index in [2.05, 4.69) is 59.2 Å². The van der Waals surface area contributed by atoms with Crippen molar-refractivity contribution in [2.75, 3.05) is 46.4 Å². The van der Waals surface area contributed by atoms with Crippen LogP contribution in [0.25, 0.3) is 33.8 Å². The monoisotopic (exact) mass is 827 g/mol. The molecule has 4 spiro atoms. The number of aromatic amines is 2. The number of nitrogens with one attached hydrogen (secondary N) is 4. The maximum absolute atomic E-state index is 14.3. The minimum absolute atomic E-state index is 0.0328. The van der Waals surface area contributed by atoms with E-state index in [1.165, 1.54) is 24.4 Å². The van der Waals surface area contributed by atoms with Crippen molar-refractivity contribution in [3.8, 4) is 39.7 Å². The first-order valence-electron chi connectivity index (χ1n) is 21.5. The Kier molecular flexibility index (Phi) is 7.64. The van der Waals surface area contributed by atoms with E-state index in [0.717, 1.165) is 147 Å². The molecule has 5 aromatic rings. The normalized spacial score (nSPS) is 22.1. The molecule has 0 bridgehead atoms. The highest BCUT2D eigenvalue weighted by Gasteiger charge is 2.70. The fraction of sp³-hybridized carbons (Fsp3) is 0.457. The molecule has 4 fully saturated rings. The second kappa shape index (κ2) is 12.5. The first kappa shape index (κ1) is 36.7. The van der Waals surface area contributed by atoms with Gasteiger partial charge in [-0.2, -0.15) is 0 Å². The van der Waals surface area contributed by atoms with Crippen LogP contribution < -0.4 is 15.4 Å². The van der Waals surface area contributed by atoms with Crippen molar-refractivity contribution in [3.63, 3.8) is 0 Å². The van der Waals surface area contributed by atoms with Gasteiger partial charge >= 0.3 is 0 Å². The number of halogens is 2. The van der Waals surface area contributed by atoms with E-state index in [1.54, 1.807) is 6.20 Å². The molecule has 2 saturated carbocycles. The molecule has 4 aliphatic heterocycles. The number of likely N-dealkylation sites (tertiary alicyclic amines) is 2. The number of aromatic nitrogens is 5. The Labute approximate surface area is 352 Å². The molecule has 308 valence electrons. The minimum atomic E-state index is -0.519. The SMILES string of the molecule is CCN1CC2(C1)c1[nH]c3c(c1C(=O)NC21CC1)CCc1cnc(-c2cnc(OC)c(F)c2)cc1-3.CCN1CC2(C1)c1[nH]c3c(c1C(=O)NC21CC1)CCc1cnc(Cl)cc1-3. The largest absolute Gasteiger partial charge is 0.479 e. The summed E-state index contributed by atoms with van der Waals surface area (Å²) in [6.45, 7) is 10.5. The van der Waals surface area contributed by atoms with Gasteiger partial charge in [-0.1, -0.05) is 25.4 Å². The van der Waals surface area contributed by atoms with Crippen molar-refractivity contribution in [1.82, 2.24) is 45.4 Å². The molecule has 8 aliphatic rings. The first-order chi connectivity index (χ1) is 29.0. The number of hydrogen-bond acceptors (Lipinski definition) is 8. The van der Waals surface area contributed by atoms with E-state index in [9.17, 15) is 14.0 Å². The van der Waals surface area contributed by atoms with Gasteiger partial charge in [0.25, 0.3) is 11.8 Å². The quantitative estimate of drug-likeness (QED) is 0.164. The first-order valence-corrected chi connectivity index (χ1v) is 21.9. The summed E-state index contributed by atoms with van der Waals surface area (Å²) in [5, 5.41) is 7.33. The second-order valence-corrected chi connectivity index (χ2v) is 18.8. The van der Waals surface area contributed by atoms with E-state index >= 15 is 0 Å². The maximum Gasteiger partial charge on any atom is 0.253 e. The summed E-state index contributed by atoms with van der Waals surface area (Å²) in [5.41, 5.74) is 14.0. The molecule has 0 radical (unpaired) electrons. The fourth-order valence-corrected chi connectivity index (χ4v) is 12.2. The van der Waals surface area contributed by atoms with Crippen LogP contribution in [0.15, 0.2) is 36.8 Å². The van der Waals surface area contributed by atoms with Gasteiger partial charge < -0.3 is 35.1 Å². The third-order valence-corrected chi connectivity index (χ3v) is 15.8. The summed E-state index contributed by atoms with van der Waals surface area (Å²) in [4.78, 5) is 51.7. The van der Waals surface area contributed by atoms with Crippen molar-refractivity contribution in [3.05, 3.63) is 92.5 Å². The van der Waals surface area contributed by atoms with Crippen LogP contribution in [-0.4, -0.2) is 104 Å². The topological polar surface area (TPSA) is 144 Å². The van der Waals surface area contributed by atoms with Crippen LogP contribution in [0.1, 0.15) is 93.9 Å². The molecule has 60 heavy (non-hydrogen) atoms. The third-order valence-electron chi connectivity index (χ3n) is 15.6. The number of rotatable bonds is 4. The molecule has 4 N–H and O–H groups in total. The second-order valence-electron chi connectivity index (χ2n) is 18.4. The molecule has 9 heterocycles. The summed E-state index contributed by atoms with van der Waals surface area (Å²) >= 11 is 6.18. The number of H-pyrrole nitrogens is 2. The van der Waals surface area contributed by atoms with Gasteiger partial charge in [-0.25, -0.2) is 14.4 Å². The van der Waals surface area contributed by atoms with E-state index in [0.29, 0.717) is 16.4 Å². The number of likely N-dealkylation sites (N-methyl/N-ethyl adjacent to an activating group) is 2. The van der Waals surface area contributed by atoms with Gasteiger partial charge in [-0.05, 0) is 105 Å². The van der Waals surface area contributed by atoms with Crippen LogP contribution in [0.2, 0.25) is 5.15 Å². The number of carbonyl (C=O) groups is 2. The zero-order valence-electron chi connectivity index (χ0n) is 34.1. The summed E-state index contributed by atoms with van der Waals surface area (Å²) < 4.78 is 19.3. The number of amides is 2. The third kappa shape index (κ3) is 4.82. The summed E-state index contributed by atoms with van der Waals surface area (Å²) in [6.07, 6.45) is 13.0. The van der Waals surface area contributed by atoms with Crippen molar-refractivity contribution >= 4 is 23.4 Å². The zero-order valence-corrected chi connectivity index (χ0v) is 34.8. The van der Waals surface area contributed by atoms with Crippen LogP contribution >= 0.6 is 11.6 Å². The van der Waals surface area contributed by atoms with E-state index < -0.39 is 5.82 Å². The highest BCUT2D eigenvalue weighted by Crippen LogP contribution is 2.61. The lowest BCUT2D eigenvalue weighted by molar-refractivity contribution is 0.0198. The number of aryl methyl sites for hydroxylation is 2. The lowest BCUT2D eigenvalue weighted by Gasteiger charge is -2.56. The van der Waals surface area contributed by atoms with Gasteiger partial charge in [-0.3, -0.25) is 14.6 Å². The smallest absolute Gasteiger partial charge is 0.253 e. The molecular formula is C46H47ClFN9O3. The van der Waals surface area contributed by atoms with Crippen molar-refractivity contribution in [2.45, 2.75) is 87.1 Å². The number of nitrogens with zero attached hydrogens (tertiary/aromatic N) is 5.